The van der Waals surface area contributed by atoms with Gasteiger partial charge >= 0.3 is 0 Å². The third-order valence-electron chi connectivity index (χ3n) is 3.76. The second-order valence-electron chi connectivity index (χ2n) is 5.55. The Labute approximate surface area is 142 Å². The summed E-state index contributed by atoms with van der Waals surface area (Å²) in [7, 11) is -3.48. The second-order valence-corrected chi connectivity index (χ2v) is 7.36. The lowest BCUT2D eigenvalue weighted by Gasteiger charge is -2.14. The summed E-state index contributed by atoms with van der Waals surface area (Å²) in [6.45, 7) is 0.390. The number of aromatic nitrogens is 1. The topological polar surface area (TPSA) is 127 Å². The van der Waals surface area contributed by atoms with Crippen molar-refractivity contribution in [1.29, 1.82) is 0 Å². The first kappa shape index (κ1) is 19.9. The van der Waals surface area contributed by atoms with Gasteiger partial charge in [-0.2, -0.15) is 0 Å². The Bertz CT molecular complexity index is 579. The maximum Gasteiger partial charge on any atom is 0.220 e. The summed E-state index contributed by atoms with van der Waals surface area (Å²) < 4.78 is 30.5. The van der Waals surface area contributed by atoms with Gasteiger partial charge in [0.05, 0.1) is 5.69 Å². The summed E-state index contributed by atoms with van der Waals surface area (Å²) in [6.07, 6.45) is 4.76. The Balaban J connectivity index is 0.00000264. The highest BCUT2D eigenvalue weighted by atomic mass is 35.5. The van der Waals surface area contributed by atoms with E-state index in [4.69, 9.17) is 5.73 Å². The Morgan fingerprint density at radius 3 is 2.78 bits per heavy atom. The average Bonchev–Trinajstić information content (AvgIpc) is 3.07. The monoisotopic (exact) mass is 366 g/mol. The first-order valence-electron chi connectivity index (χ1n) is 7.35. The van der Waals surface area contributed by atoms with Crippen LogP contribution in [0.25, 0.3) is 0 Å². The molecule has 0 aliphatic heterocycles. The maximum absolute atomic E-state index is 11.8. The molecule has 0 spiro atoms. The molecule has 8 nitrogen and oxygen atoms in total. The fourth-order valence-corrected chi connectivity index (χ4v) is 3.65. The van der Waals surface area contributed by atoms with E-state index < -0.39 is 10.0 Å². The minimum absolute atomic E-state index is 0. The van der Waals surface area contributed by atoms with Gasteiger partial charge in [0.25, 0.3) is 0 Å². The van der Waals surface area contributed by atoms with Crippen molar-refractivity contribution in [3.8, 4) is 0 Å². The van der Waals surface area contributed by atoms with Gasteiger partial charge in [0.2, 0.25) is 15.9 Å². The van der Waals surface area contributed by atoms with Crippen LogP contribution < -0.4 is 15.8 Å². The molecule has 23 heavy (non-hydrogen) atoms. The normalized spacial score (nSPS) is 20.9. The summed E-state index contributed by atoms with van der Waals surface area (Å²) in [5, 5.41) is 6.25. The zero-order chi connectivity index (χ0) is 16.0. The standard InChI is InChI=1S/C13H22N4O4S.ClH/c14-12-3-1-2-10(12)8-13(18)15-5-6-16-22(19,20)9-11-4-7-21-17-11;/h4,7,10,12,16H,1-3,5-6,8-9,14H2,(H,15,18);1H/t10-,12+;/m0./s1. The number of carbonyl (C=O) groups excluding carboxylic acids is 1. The van der Waals surface area contributed by atoms with Gasteiger partial charge in [0.1, 0.15) is 12.0 Å². The smallest absolute Gasteiger partial charge is 0.220 e. The molecule has 10 heteroatoms. The fourth-order valence-electron chi connectivity index (χ4n) is 2.60. The molecule has 0 unspecified atom stereocenters. The van der Waals surface area contributed by atoms with E-state index in [-0.39, 0.29) is 49.1 Å². The number of carbonyl (C=O) groups is 1. The lowest BCUT2D eigenvalue weighted by molar-refractivity contribution is -0.122. The number of nitrogens with zero attached hydrogens (tertiary/aromatic N) is 1. The van der Waals surface area contributed by atoms with Crippen LogP contribution in [-0.4, -0.2) is 38.6 Å². The molecule has 1 aliphatic rings. The van der Waals surface area contributed by atoms with Gasteiger partial charge in [-0.05, 0) is 18.8 Å². The van der Waals surface area contributed by atoms with Crippen molar-refractivity contribution in [2.75, 3.05) is 13.1 Å². The lowest BCUT2D eigenvalue weighted by Crippen LogP contribution is -2.37. The van der Waals surface area contributed by atoms with E-state index in [0.717, 1.165) is 19.3 Å². The van der Waals surface area contributed by atoms with Crippen molar-refractivity contribution < 1.29 is 17.7 Å². The zero-order valence-corrected chi connectivity index (χ0v) is 14.4. The van der Waals surface area contributed by atoms with Gasteiger partial charge in [0.15, 0.2) is 0 Å². The van der Waals surface area contributed by atoms with Gasteiger partial charge in [-0.3, -0.25) is 4.79 Å². The molecule has 0 saturated heterocycles. The number of nitrogens with two attached hydrogens (primary N) is 1. The average molecular weight is 367 g/mol. The van der Waals surface area contributed by atoms with Crippen molar-refractivity contribution in [2.45, 2.75) is 37.5 Å². The van der Waals surface area contributed by atoms with Crippen LogP contribution in [0.2, 0.25) is 0 Å². The van der Waals surface area contributed by atoms with Gasteiger partial charge in [-0.1, -0.05) is 11.6 Å². The van der Waals surface area contributed by atoms with Crippen LogP contribution in [0, 0.1) is 5.92 Å². The van der Waals surface area contributed by atoms with E-state index in [9.17, 15) is 13.2 Å². The second kappa shape index (κ2) is 9.21. The molecule has 1 amide bonds. The fraction of sp³-hybridized carbons (Fsp3) is 0.692. The summed E-state index contributed by atoms with van der Waals surface area (Å²) >= 11 is 0. The molecule has 0 radical (unpaired) electrons. The number of hydrogen-bond donors (Lipinski definition) is 3. The quantitative estimate of drug-likeness (QED) is 0.562. The van der Waals surface area contributed by atoms with Crippen LogP contribution in [0.15, 0.2) is 16.9 Å². The highest BCUT2D eigenvalue weighted by Gasteiger charge is 2.25. The number of halogens is 1. The van der Waals surface area contributed by atoms with Crippen molar-refractivity contribution >= 4 is 28.3 Å². The summed E-state index contributed by atoms with van der Waals surface area (Å²) in [5.74, 6) is -0.0871. The number of hydrogen-bond acceptors (Lipinski definition) is 6. The van der Waals surface area contributed by atoms with E-state index in [1.165, 1.54) is 12.3 Å². The van der Waals surface area contributed by atoms with Crippen LogP contribution in [0.4, 0.5) is 0 Å². The molecule has 132 valence electrons. The van der Waals surface area contributed by atoms with Crippen molar-refractivity contribution in [1.82, 2.24) is 15.2 Å². The van der Waals surface area contributed by atoms with Crippen LogP contribution in [0.3, 0.4) is 0 Å². The van der Waals surface area contributed by atoms with Gasteiger partial charge < -0.3 is 15.6 Å². The van der Waals surface area contributed by atoms with E-state index >= 15 is 0 Å². The van der Waals surface area contributed by atoms with Crippen LogP contribution >= 0.6 is 12.4 Å². The first-order chi connectivity index (χ1) is 10.5. The third kappa shape index (κ3) is 6.86. The van der Waals surface area contributed by atoms with Crippen molar-refractivity contribution in [2.24, 2.45) is 11.7 Å². The Morgan fingerprint density at radius 2 is 2.17 bits per heavy atom. The van der Waals surface area contributed by atoms with E-state index in [0.29, 0.717) is 12.1 Å². The molecule has 1 aromatic heterocycles. The van der Waals surface area contributed by atoms with E-state index in [1.54, 1.807) is 0 Å². The summed E-state index contributed by atoms with van der Waals surface area (Å²) in [6, 6.07) is 1.60. The number of rotatable bonds is 8. The molecule has 1 aliphatic carbocycles. The highest BCUT2D eigenvalue weighted by Crippen LogP contribution is 2.26. The van der Waals surface area contributed by atoms with Gasteiger partial charge in [-0.25, -0.2) is 13.1 Å². The predicted octanol–water partition coefficient (Wildman–Crippen LogP) is 0.150. The molecule has 1 saturated carbocycles. The van der Waals surface area contributed by atoms with E-state index in [2.05, 4.69) is 19.7 Å². The van der Waals surface area contributed by atoms with Gasteiger partial charge in [0, 0.05) is 31.6 Å². The lowest BCUT2D eigenvalue weighted by atomic mass is 10.00. The minimum atomic E-state index is -3.48. The number of sulfonamides is 1. The molecule has 4 N–H and O–H groups in total. The Kier molecular flexibility index (Phi) is 7.97. The van der Waals surface area contributed by atoms with Gasteiger partial charge in [-0.15, -0.1) is 12.4 Å². The van der Waals surface area contributed by atoms with Crippen LogP contribution in [0.1, 0.15) is 31.4 Å². The highest BCUT2D eigenvalue weighted by molar-refractivity contribution is 7.88. The third-order valence-corrected chi connectivity index (χ3v) is 5.08. The molecule has 1 fully saturated rings. The number of amides is 1. The minimum Gasteiger partial charge on any atom is -0.364 e. The summed E-state index contributed by atoms with van der Waals surface area (Å²) in [4.78, 5) is 11.8. The molecule has 2 atom stereocenters. The van der Waals surface area contributed by atoms with Crippen molar-refractivity contribution in [3.05, 3.63) is 18.0 Å². The van der Waals surface area contributed by atoms with Crippen LogP contribution in [-0.2, 0) is 20.6 Å². The molecule has 2 rings (SSSR count). The Morgan fingerprint density at radius 1 is 1.39 bits per heavy atom. The van der Waals surface area contributed by atoms with Crippen molar-refractivity contribution in [3.63, 3.8) is 0 Å². The SMILES string of the molecule is Cl.N[C@@H]1CCC[C@H]1CC(=O)NCCNS(=O)(=O)Cc1ccon1. The number of nitrogens with one attached hydrogen (secondary N) is 2. The van der Waals surface area contributed by atoms with Crippen LogP contribution in [0.5, 0.6) is 0 Å². The first-order valence-corrected chi connectivity index (χ1v) is 9.00. The van der Waals surface area contributed by atoms with E-state index in [1.807, 2.05) is 0 Å². The molecule has 0 aromatic carbocycles. The molecule has 1 aromatic rings. The molecule has 1 heterocycles. The Hall–Kier alpha value is -1.16. The summed E-state index contributed by atoms with van der Waals surface area (Å²) in [5.41, 5.74) is 6.26. The zero-order valence-electron chi connectivity index (χ0n) is 12.7. The molecule has 0 bridgehead atoms. The maximum atomic E-state index is 11.8. The molecular formula is C13H23ClN4O4S. The molecular weight excluding hydrogens is 344 g/mol. The largest absolute Gasteiger partial charge is 0.364 e. The predicted molar refractivity (Wildman–Crippen MR) is 87.3 cm³/mol.